The Morgan fingerprint density at radius 3 is 2.62 bits per heavy atom. The van der Waals surface area contributed by atoms with Gasteiger partial charge in [0.1, 0.15) is 0 Å². The van der Waals surface area contributed by atoms with Crippen LogP contribution in [-0.2, 0) is 24.3 Å². The van der Waals surface area contributed by atoms with Crippen molar-refractivity contribution in [2.45, 2.75) is 32.9 Å². The number of para-hydroxylation sites is 1. The van der Waals surface area contributed by atoms with E-state index in [9.17, 15) is 4.79 Å². The third-order valence-electron chi connectivity index (χ3n) is 5.89. The molecular weight excluding hydrogens is 400 g/mol. The Bertz CT molecular complexity index is 1260. The summed E-state index contributed by atoms with van der Waals surface area (Å²) < 4.78 is 13.0. The zero-order valence-electron chi connectivity index (χ0n) is 18.1. The van der Waals surface area contributed by atoms with Gasteiger partial charge in [0.05, 0.1) is 0 Å². The molecule has 5 nitrogen and oxygen atoms in total. The summed E-state index contributed by atoms with van der Waals surface area (Å²) in [6.45, 7) is 3.65. The number of aryl methyl sites for hydroxylation is 2. The molecule has 0 radical (unpaired) electrons. The van der Waals surface area contributed by atoms with Gasteiger partial charge in [-0.05, 0) is 48.2 Å². The molecule has 0 spiro atoms. The number of hydrogen-bond donors (Lipinski definition) is 1. The minimum Gasteiger partial charge on any atom is -0.454 e. The average Bonchev–Trinajstić information content (AvgIpc) is 3.42. The van der Waals surface area contributed by atoms with Gasteiger partial charge < -0.3 is 19.4 Å². The zero-order chi connectivity index (χ0) is 21.9. The van der Waals surface area contributed by atoms with Crippen molar-refractivity contribution in [3.63, 3.8) is 0 Å². The number of hydrogen-bond acceptors (Lipinski definition) is 3. The fraction of sp³-hybridized carbons (Fsp3) is 0.222. The number of aromatic nitrogens is 1. The summed E-state index contributed by atoms with van der Waals surface area (Å²) in [6, 6.07) is 22.8. The second-order valence-electron chi connectivity index (χ2n) is 8.25. The predicted octanol–water partition coefficient (Wildman–Crippen LogP) is 4.98. The van der Waals surface area contributed by atoms with Crippen molar-refractivity contribution in [3.05, 3.63) is 95.2 Å². The number of amides is 1. The van der Waals surface area contributed by atoms with Crippen molar-refractivity contribution in [1.29, 1.82) is 0 Å². The first-order valence-electron chi connectivity index (χ1n) is 10.9. The first kappa shape index (κ1) is 20.2. The maximum absolute atomic E-state index is 12.5. The molecule has 0 atom stereocenters. The predicted molar refractivity (Wildman–Crippen MR) is 125 cm³/mol. The minimum absolute atomic E-state index is 0.0398. The molecule has 5 heteroatoms. The molecule has 0 fully saturated rings. The standard InChI is InChI=1S/C27H26N2O3/c1-19-6-8-20(9-7-19)16-29-17-22(23-4-2-3-5-24(23)29)11-13-27(30)28-15-21-10-12-25-26(14-21)32-18-31-25/h2-10,12,14,17H,11,13,15-16,18H2,1H3,(H,28,30). The zero-order valence-corrected chi connectivity index (χ0v) is 18.1. The van der Waals surface area contributed by atoms with E-state index in [1.165, 1.54) is 27.6 Å². The lowest BCUT2D eigenvalue weighted by molar-refractivity contribution is -0.121. The molecule has 1 aliphatic heterocycles. The van der Waals surface area contributed by atoms with E-state index < -0.39 is 0 Å². The molecule has 1 amide bonds. The summed E-state index contributed by atoms with van der Waals surface area (Å²) in [4.78, 5) is 12.5. The molecule has 0 saturated heterocycles. The van der Waals surface area contributed by atoms with Crippen LogP contribution in [0.25, 0.3) is 10.9 Å². The molecule has 0 aliphatic carbocycles. The van der Waals surface area contributed by atoms with Crippen LogP contribution in [0.4, 0.5) is 0 Å². The van der Waals surface area contributed by atoms with E-state index in [2.05, 4.69) is 71.5 Å². The van der Waals surface area contributed by atoms with Crippen LogP contribution in [-0.4, -0.2) is 17.3 Å². The maximum atomic E-state index is 12.5. The molecule has 4 aromatic rings. The van der Waals surface area contributed by atoms with Crippen molar-refractivity contribution in [1.82, 2.24) is 9.88 Å². The fourth-order valence-electron chi connectivity index (χ4n) is 4.13. The van der Waals surface area contributed by atoms with E-state index in [-0.39, 0.29) is 12.7 Å². The molecule has 2 heterocycles. The first-order valence-corrected chi connectivity index (χ1v) is 10.9. The van der Waals surface area contributed by atoms with E-state index in [1.54, 1.807) is 0 Å². The molecule has 0 saturated carbocycles. The largest absolute Gasteiger partial charge is 0.454 e. The van der Waals surface area contributed by atoms with Gasteiger partial charge in [0.2, 0.25) is 12.7 Å². The van der Waals surface area contributed by atoms with Crippen molar-refractivity contribution < 1.29 is 14.3 Å². The van der Waals surface area contributed by atoms with Crippen LogP contribution in [0.15, 0.2) is 72.9 Å². The lowest BCUT2D eigenvalue weighted by Gasteiger charge is -2.06. The quantitative estimate of drug-likeness (QED) is 0.454. The summed E-state index contributed by atoms with van der Waals surface area (Å²) >= 11 is 0. The highest BCUT2D eigenvalue weighted by Gasteiger charge is 2.14. The molecule has 1 aromatic heterocycles. The number of fused-ring (bicyclic) bond motifs is 2. The van der Waals surface area contributed by atoms with E-state index >= 15 is 0 Å². The van der Waals surface area contributed by atoms with Crippen molar-refractivity contribution in [2.75, 3.05) is 6.79 Å². The SMILES string of the molecule is Cc1ccc(Cn2cc(CCC(=O)NCc3ccc4c(c3)OCO4)c3ccccc32)cc1. The fourth-order valence-corrected chi connectivity index (χ4v) is 4.13. The number of nitrogens with one attached hydrogen (secondary N) is 1. The Morgan fingerprint density at radius 2 is 1.75 bits per heavy atom. The normalized spacial score (nSPS) is 12.3. The summed E-state index contributed by atoms with van der Waals surface area (Å²) in [5, 5.41) is 4.23. The van der Waals surface area contributed by atoms with Crippen LogP contribution in [0.3, 0.4) is 0 Å². The number of carbonyl (C=O) groups excluding carboxylic acids is 1. The number of carbonyl (C=O) groups is 1. The van der Waals surface area contributed by atoms with Crippen molar-refractivity contribution >= 4 is 16.8 Å². The van der Waals surface area contributed by atoms with Crippen molar-refractivity contribution in [2.24, 2.45) is 0 Å². The Balaban J connectivity index is 1.24. The molecular formula is C27H26N2O3. The summed E-state index contributed by atoms with van der Waals surface area (Å²) in [7, 11) is 0. The topological polar surface area (TPSA) is 52.5 Å². The Kier molecular flexibility index (Phi) is 5.55. The van der Waals surface area contributed by atoms with Crippen molar-refractivity contribution in [3.8, 4) is 11.5 Å². The van der Waals surface area contributed by atoms with Crippen LogP contribution in [0, 0.1) is 6.92 Å². The monoisotopic (exact) mass is 426 g/mol. The summed E-state index contributed by atoms with van der Waals surface area (Å²) in [6.07, 6.45) is 3.34. The number of benzene rings is 3. The first-order chi connectivity index (χ1) is 15.7. The second-order valence-corrected chi connectivity index (χ2v) is 8.25. The van der Waals surface area contributed by atoms with Crippen LogP contribution in [0.5, 0.6) is 11.5 Å². The Hall–Kier alpha value is -3.73. The Morgan fingerprint density at radius 1 is 0.969 bits per heavy atom. The highest BCUT2D eigenvalue weighted by Crippen LogP contribution is 2.32. The van der Waals surface area contributed by atoms with E-state index in [4.69, 9.17) is 9.47 Å². The van der Waals surface area contributed by atoms with Gasteiger partial charge in [0.15, 0.2) is 11.5 Å². The molecule has 5 rings (SSSR count). The molecule has 1 aliphatic rings. The number of nitrogens with zero attached hydrogens (tertiary/aromatic N) is 1. The van der Waals surface area contributed by atoms with Crippen LogP contribution in [0.2, 0.25) is 0 Å². The van der Waals surface area contributed by atoms with Gasteiger partial charge in [-0.25, -0.2) is 0 Å². The molecule has 3 aromatic carbocycles. The van der Waals surface area contributed by atoms with Crippen LogP contribution >= 0.6 is 0 Å². The summed E-state index contributed by atoms with van der Waals surface area (Å²) in [5.74, 6) is 1.53. The minimum atomic E-state index is 0.0398. The highest BCUT2D eigenvalue weighted by atomic mass is 16.7. The number of rotatable bonds is 7. The second kappa shape index (κ2) is 8.79. The van der Waals surface area contributed by atoms with Crippen LogP contribution < -0.4 is 14.8 Å². The van der Waals surface area contributed by atoms with E-state index in [1.807, 2.05) is 18.2 Å². The third kappa shape index (κ3) is 4.33. The molecule has 0 unspecified atom stereocenters. The molecule has 32 heavy (non-hydrogen) atoms. The highest BCUT2D eigenvalue weighted by molar-refractivity contribution is 5.85. The summed E-state index contributed by atoms with van der Waals surface area (Å²) in [5.41, 5.74) is 5.93. The molecule has 162 valence electrons. The lowest BCUT2D eigenvalue weighted by Crippen LogP contribution is -2.22. The lowest BCUT2D eigenvalue weighted by atomic mass is 10.1. The van der Waals surface area contributed by atoms with Gasteiger partial charge in [-0.2, -0.15) is 0 Å². The number of ether oxygens (including phenoxy) is 2. The molecule has 1 N–H and O–H groups in total. The third-order valence-corrected chi connectivity index (χ3v) is 5.89. The van der Waals surface area contributed by atoms with Gasteiger partial charge in [-0.3, -0.25) is 4.79 Å². The van der Waals surface area contributed by atoms with Gasteiger partial charge in [0, 0.05) is 36.6 Å². The maximum Gasteiger partial charge on any atom is 0.231 e. The van der Waals surface area contributed by atoms with Gasteiger partial charge >= 0.3 is 0 Å². The smallest absolute Gasteiger partial charge is 0.231 e. The van der Waals surface area contributed by atoms with Gasteiger partial charge in [-0.1, -0.05) is 54.1 Å². The van der Waals surface area contributed by atoms with Crippen LogP contribution in [0.1, 0.15) is 28.7 Å². The average molecular weight is 427 g/mol. The van der Waals surface area contributed by atoms with Gasteiger partial charge in [0.25, 0.3) is 0 Å². The molecule has 0 bridgehead atoms. The van der Waals surface area contributed by atoms with E-state index in [0.717, 1.165) is 23.6 Å². The van der Waals surface area contributed by atoms with E-state index in [0.29, 0.717) is 19.4 Å². The van der Waals surface area contributed by atoms with Gasteiger partial charge in [-0.15, -0.1) is 0 Å². The Labute approximate surface area is 187 Å².